The summed E-state index contributed by atoms with van der Waals surface area (Å²) in [5.41, 5.74) is 4.68. The van der Waals surface area contributed by atoms with Gasteiger partial charge >= 0.3 is 5.97 Å². The number of nitrogens with one attached hydrogen (secondary N) is 1. The fourth-order valence-corrected chi connectivity index (χ4v) is 1.56. The molecule has 1 aromatic carbocycles. The van der Waals surface area contributed by atoms with Crippen LogP contribution in [0, 0.1) is 11.6 Å². The van der Waals surface area contributed by atoms with Crippen LogP contribution in [-0.2, 0) is 14.4 Å². The molecule has 0 aliphatic rings. The molecule has 21 heavy (non-hydrogen) atoms. The second-order valence-corrected chi connectivity index (χ2v) is 4.18. The molecule has 4 N–H and O–H groups in total. The molecule has 0 atom stereocenters. The van der Waals surface area contributed by atoms with Gasteiger partial charge in [-0.05, 0) is 12.1 Å². The molecule has 0 radical (unpaired) electrons. The molecule has 0 aromatic heterocycles. The normalized spacial score (nSPS) is 10.4. The first-order chi connectivity index (χ1) is 9.77. The zero-order valence-corrected chi connectivity index (χ0v) is 10.8. The minimum atomic E-state index is -1.25. The van der Waals surface area contributed by atoms with E-state index >= 15 is 0 Å². The van der Waals surface area contributed by atoms with Gasteiger partial charge in [-0.3, -0.25) is 19.3 Å². The molecule has 1 aromatic rings. The van der Waals surface area contributed by atoms with Gasteiger partial charge in [0.05, 0.1) is 25.3 Å². The number of nitrogens with zero attached hydrogens (tertiary/aromatic N) is 1. The number of rotatable bonds is 7. The maximum Gasteiger partial charge on any atom is 0.317 e. The highest BCUT2D eigenvalue weighted by Gasteiger charge is 2.17. The van der Waals surface area contributed by atoms with Crippen LogP contribution in [0.3, 0.4) is 0 Å². The number of carbonyl (C=O) groups is 3. The zero-order valence-electron chi connectivity index (χ0n) is 10.8. The lowest BCUT2D eigenvalue weighted by molar-refractivity contribution is -0.138. The van der Waals surface area contributed by atoms with Gasteiger partial charge in [0.2, 0.25) is 11.8 Å². The first-order valence-corrected chi connectivity index (χ1v) is 5.75. The molecule has 114 valence electrons. The van der Waals surface area contributed by atoms with Gasteiger partial charge in [-0.1, -0.05) is 0 Å². The third-order valence-electron chi connectivity index (χ3n) is 2.31. The molecule has 0 bridgehead atoms. The Bertz CT molecular complexity index is 549. The molecule has 0 saturated carbocycles. The Morgan fingerprint density at radius 3 is 2.38 bits per heavy atom. The van der Waals surface area contributed by atoms with Crippen molar-refractivity contribution in [2.45, 2.75) is 0 Å². The Labute approximate surface area is 118 Å². The Morgan fingerprint density at radius 2 is 1.86 bits per heavy atom. The average molecular weight is 301 g/mol. The molecular formula is C12H13F2N3O4. The third-order valence-corrected chi connectivity index (χ3v) is 2.31. The molecular weight excluding hydrogens is 288 g/mol. The van der Waals surface area contributed by atoms with E-state index in [2.05, 4.69) is 5.32 Å². The summed E-state index contributed by atoms with van der Waals surface area (Å²) in [5.74, 6) is -4.59. The largest absolute Gasteiger partial charge is 0.480 e. The van der Waals surface area contributed by atoms with Crippen molar-refractivity contribution in [3.8, 4) is 0 Å². The smallest absolute Gasteiger partial charge is 0.317 e. The van der Waals surface area contributed by atoms with Crippen molar-refractivity contribution in [2.24, 2.45) is 5.73 Å². The van der Waals surface area contributed by atoms with E-state index in [-0.39, 0.29) is 5.69 Å². The topological polar surface area (TPSA) is 113 Å². The summed E-state index contributed by atoms with van der Waals surface area (Å²) in [4.78, 5) is 34.0. The molecule has 1 rings (SSSR count). The Hall–Kier alpha value is -2.55. The van der Waals surface area contributed by atoms with Crippen LogP contribution in [-0.4, -0.2) is 47.4 Å². The summed E-state index contributed by atoms with van der Waals surface area (Å²) in [6, 6.07) is 2.57. The Morgan fingerprint density at radius 1 is 1.19 bits per heavy atom. The molecule has 0 saturated heterocycles. The van der Waals surface area contributed by atoms with Crippen LogP contribution in [0.2, 0.25) is 0 Å². The number of nitrogens with two attached hydrogens (primary N) is 1. The van der Waals surface area contributed by atoms with Gasteiger partial charge in [-0.25, -0.2) is 8.78 Å². The van der Waals surface area contributed by atoms with Crippen LogP contribution in [0.5, 0.6) is 0 Å². The summed E-state index contributed by atoms with van der Waals surface area (Å²) in [6.07, 6.45) is 0. The van der Waals surface area contributed by atoms with E-state index in [0.29, 0.717) is 6.07 Å². The lowest BCUT2D eigenvalue weighted by Gasteiger charge is -2.17. The number of primary amides is 1. The summed E-state index contributed by atoms with van der Waals surface area (Å²) in [5, 5.41) is 10.8. The van der Waals surface area contributed by atoms with Gasteiger partial charge in [-0.15, -0.1) is 0 Å². The molecule has 0 fully saturated rings. The molecule has 0 spiro atoms. The van der Waals surface area contributed by atoms with Crippen molar-refractivity contribution < 1.29 is 28.3 Å². The standard InChI is InChI=1S/C12H13F2N3O4/c13-7-1-2-9(8(14)3-7)16-11(19)5-17(4-10(15)18)6-12(20)21/h1-3H,4-6H2,(H2,15,18)(H,16,19)(H,20,21). The molecule has 0 aliphatic carbocycles. The van der Waals surface area contributed by atoms with Gasteiger partial charge < -0.3 is 16.2 Å². The molecule has 2 amide bonds. The number of hydrogen-bond donors (Lipinski definition) is 3. The molecule has 0 aliphatic heterocycles. The number of benzene rings is 1. The van der Waals surface area contributed by atoms with Gasteiger partial charge in [-0.2, -0.15) is 0 Å². The van der Waals surface area contributed by atoms with Gasteiger partial charge in [0, 0.05) is 6.07 Å². The van der Waals surface area contributed by atoms with Crippen LogP contribution in [0.15, 0.2) is 18.2 Å². The Balaban J connectivity index is 2.68. The second-order valence-electron chi connectivity index (χ2n) is 4.18. The molecule has 0 heterocycles. The van der Waals surface area contributed by atoms with Crippen LogP contribution in [0.4, 0.5) is 14.5 Å². The number of hydrogen-bond acceptors (Lipinski definition) is 4. The van der Waals surface area contributed by atoms with Gasteiger partial charge in [0.25, 0.3) is 0 Å². The average Bonchev–Trinajstić information content (AvgIpc) is 2.30. The lowest BCUT2D eigenvalue weighted by atomic mass is 10.3. The van der Waals surface area contributed by atoms with Crippen molar-refractivity contribution in [2.75, 3.05) is 25.0 Å². The number of carboxylic acids is 1. The van der Waals surface area contributed by atoms with Crippen molar-refractivity contribution >= 4 is 23.5 Å². The maximum absolute atomic E-state index is 13.3. The fourth-order valence-electron chi connectivity index (χ4n) is 1.56. The predicted molar refractivity (Wildman–Crippen MR) is 68.3 cm³/mol. The second kappa shape index (κ2) is 7.29. The maximum atomic E-state index is 13.3. The highest BCUT2D eigenvalue weighted by molar-refractivity contribution is 5.93. The number of carbonyl (C=O) groups excluding carboxylic acids is 2. The highest BCUT2D eigenvalue weighted by Crippen LogP contribution is 2.14. The predicted octanol–water partition coefficient (Wildman–Crippen LogP) is -0.225. The molecule has 9 heteroatoms. The van der Waals surface area contributed by atoms with E-state index in [1.54, 1.807) is 0 Å². The van der Waals surface area contributed by atoms with E-state index in [9.17, 15) is 23.2 Å². The SMILES string of the molecule is NC(=O)CN(CC(=O)O)CC(=O)Nc1ccc(F)cc1F. The highest BCUT2D eigenvalue weighted by atomic mass is 19.1. The van der Waals surface area contributed by atoms with Crippen LogP contribution in [0.25, 0.3) is 0 Å². The first kappa shape index (κ1) is 16.5. The van der Waals surface area contributed by atoms with Crippen LogP contribution in [0.1, 0.15) is 0 Å². The summed E-state index contributed by atoms with van der Waals surface area (Å²) in [6.45, 7) is -1.50. The van der Waals surface area contributed by atoms with E-state index in [1.165, 1.54) is 0 Å². The monoisotopic (exact) mass is 301 g/mol. The van der Waals surface area contributed by atoms with E-state index < -0.39 is 49.1 Å². The summed E-state index contributed by atoms with van der Waals surface area (Å²) >= 11 is 0. The van der Waals surface area contributed by atoms with E-state index in [1.807, 2.05) is 0 Å². The summed E-state index contributed by atoms with van der Waals surface area (Å²) in [7, 11) is 0. The number of aliphatic carboxylic acids is 1. The number of amides is 2. The quantitative estimate of drug-likeness (QED) is 0.644. The minimum Gasteiger partial charge on any atom is -0.480 e. The third kappa shape index (κ3) is 5.95. The number of carboxylic acid groups (broad SMARTS) is 1. The molecule has 0 unspecified atom stereocenters. The number of anilines is 1. The Kier molecular flexibility index (Phi) is 5.73. The number of halogens is 2. The lowest BCUT2D eigenvalue weighted by Crippen LogP contribution is -2.42. The molecule has 7 nitrogen and oxygen atoms in total. The zero-order chi connectivity index (χ0) is 16.0. The van der Waals surface area contributed by atoms with Gasteiger partial charge in [0.15, 0.2) is 0 Å². The minimum absolute atomic E-state index is 0.254. The fraction of sp³-hybridized carbons (Fsp3) is 0.250. The van der Waals surface area contributed by atoms with Crippen molar-refractivity contribution in [1.82, 2.24) is 4.90 Å². The van der Waals surface area contributed by atoms with Crippen LogP contribution >= 0.6 is 0 Å². The van der Waals surface area contributed by atoms with Crippen molar-refractivity contribution in [3.63, 3.8) is 0 Å². The van der Waals surface area contributed by atoms with Gasteiger partial charge in [0.1, 0.15) is 11.6 Å². The van der Waals surface area contributed by atoms with E-state index in [0.717, 1.165) is 17.0 Å². The van der Waals surface area contributed by atoms with Crippen molar-refractivity contribution in [3.05, 3.63) is 29.8 Å². The first-order valence-electron chi connectivity index (χ1n) is 5.75. The van der Waals surface area contributed by atoms with Crippen LogP contribution < -0.4 is 11.1 Å². The van der Waals surface area contributed by atoms with Crippen molar-refractivity contribution in [1.29, 1.82) is 0 Å². The van der Waals surface area contributed by atoms with E-state index in [4.69, 9.17) is 10.8 Å². The summed E-state index contributed by atoms with van der Waals surface area (Å²) < 4.78 is 26.0.